The monoisotopic (exact) mass is 291 g/mol. The zero-order chi connectivity index (χ0) is 15.4. The van der Waals surface area contributed by atoms with Crippen molar-refractivity contribution in [2.24, 2.45) is 0 Å². The molecule has 6 heteroatoms. The Hall–Kier alpha value is -2.21. The van der Waals surface area contributed by atoms with Gasteiger partial charge in [0, 0.05) is 25.2 Å². The number of hydrogen-bond donors (Lipinski definition) is 1. The van der Waals surface area contributed by atoms with Gasteiger partial charge in [-0.1, -0.05) is 18.2 Å². The number of rotatable bonds is 5. The van der Waals surface area contributed by atoms with E-state index in [-0.39, 0.29) is 17.7 Å². The lowest BCUT2D eigenvalue weighted by Crippen LogP contribution is -2.27. The average Bonchev–Trinajstić information content (AvgIpc) is 2.48. The van der Waals surface area contributed by atoms with Crippen LogP contribution in [0.1, 0.15) is 18.6 Å². The van der Waals surface area contributed by atoms with Gasteiger partial charge < -0.3 is 10.0 Å². The summed E-state index contributed by atoms with van der Waals surface area (Å²) in [6.45, 7) is 2.63. The first kappa shape index (κ1) is 15.2. The van der Waals surface area contributed by atoms with Crippen molar-refractivity contribution in [3.8, 4) is 0 Å². The summed E-state index contributed by atoms with van der Waals surface area (Å²) in [7, 11) is 1.86. The number of aliphatic hydroxyl groups excluding tert-OH is 1. The van der Waals surface area contributed by atoms with Crippen molar-refractivity contribution in [3.63, 3.8) is 0 Å². The Labute approximate surface area is 122 Å². The molecule has 0 saturated heterocycles. The van der Waals surface area contributed by atoms with Gasteiger partial charge in [-0.15, -0.1) is 0 Å². The van der Waals surface area contributed by atoms with Gasteiger partial charge in [-0.3, -0.25) is 4.79 Å². The number of hydrogen-bond acceptors (Lipinski definition) is 4. The van der Waals surface area contributed by atoms with Gasteiger partial charge in [0.15, 0.2) is 0 Å². The van der Waals surface area contributed by atoms with Crippen molar-refractivity contribution < 1.29 is 9.50 Å². The van der Waals surface area contributed by atoms with Crippen molar-refractivity contribution in [1.82, 2.24) is 9.78 Å². The summed E-state index contributed by atoms with van der Waals surface area (Å²) in [5.74, 6) is -0.500. The first-order chi connectivity index (χ1) is 10.0. The molecule has 1 aromatic carbocycles. The summed E-state index contributed by atoms with van der Waals surface area (Å²) in [5, 5.41) is 14.1. The van der Waals surface area contributed by atoms with Gasteiger partial charge in [-0.25, -0.2) is 9.07 Å². The van der Waals surface area contributed by atoms with E-state index in [9.17, 15) is 14.3 Å². The van der Waals surface area contributed by atoms with Gasteiger partial charge in [0.1, 0.15) is 11.9 Å². The van der Waals surface area contributed by atoms with E-state index in [1.807, 2.05) is 18.9 Å². The van der Waals surface area contributed by atoms with Gasteiger partial charge in [-0.2, -0.15) is 5.10 Å². The molecule has 0 saturated carbocycles. The largest absolute Gasteiger partial charge is 0.386 e. The Balaban J connectivity index is 2.20. The highest BCUT2D eigenvalue weighted by atomic mass is 19.1. The maximum absolute atomic E-state index is 13.6. The van der Waals surface area contributed by atoms with E-state index in [0.717, 1.165) is 11.2 Å². The lowest BCUT2D eigenvalue weighted by molar-refractivity contribution is 0.145. The topological polar surface area (TPSA) is 58.4 Å². The van der Waals surface area contributed by atoms with E-state index < -0.39 is 11.9 Å². The number of aromatic nitrogens is 2. The van der Waals surface area contributed by atoms with Crippen LogP contribution in [0.15, 0.2) is 41.3 Å². The molecule has 1 unspecified atom stereocenters. The fourth-order valence-corrected chi connectivity index (χ4v) is 1.96. The SMILES string of the molecule is CCN(C)c1cnn(CC(O)c2ccccc2F)c(=O)c1. The lowest BCUT2D eigenvalue weighted by atomic mass is 10.1. The summed E-state index contributed by atoms with van der Waals surface area (Å²) in [6.07, 6.45) is 0.435. The van der Waals surface area contributed by atoms with Gasteiger partial charge in [-0.05, 0) is 13.0 Å². The molecule has 2 aromatic rings. The summed E-state index contributed by atoms with van der Waals surface area (Å²) in [6, 6.07) is 7.39. The zero-order valence-corrected chi connectivity index (χ0v) is 12.0. The minimum Gasteiger partial charge on any atom is -0.386 e. The van der Waals surface area contributed by atoms with Crippen LogP contribution in [0, 0.1) is 5.82 Å². The molecule has 0 spiro atoms. The molecule has 1 atom stereocenters. The van der Waals surface area contributed by atoms with Gasteiger partial charge in [0.05, 0.1) is 18.4 Å². The molecule has 21 heavy (non-hydrogen) atoms. The number of anilines is 1. The van der Waals surface area contributed by atoms with Crippen molar-refractivity contribution in [2.45, 2.75) is 19.6 Å². The molecule has 1 N–H and O–H groups in total. The maximum atomic E-state index is 13.6. The van der Waals surface area contributed by atoms with Crippen LogP contribution in [-0.2, 0) is 6.54 Å². The number of aliphatic hydroxyl groups is 1. The van der Waals surface area contributed by atoms with Crippen LogP contribution in [0.5, 0.6) is 0 Å². The third-order valence-electron chi connectivity index (χ3n) is 3.38. The van der Waals surface area contributed by atoms with E-state index in [1.54, 1.807) is 18.3 Å². The quantitative estimate of drug-likeness (QED) is 0.908. The molecular weight excluding hydrogens is 273 g/mol. The molecule has 1 heterocycles. The molecule has 0 fully saturated rings. The van der Waals surface area contributed by atoms with Crippen LogP contribution >= 0.6 is 0 Å². The molecule has 112 valence electrons. The van der Waals surface area contributed by atoms with Crippen molar-refractivity contribution in [2.75, 3.05) is 18.5 Å². The molecule has 0 amide bonds. The fraction of sp³-hybridized carbons (Fsp3) is 0.333. The van der Waals surface area contributed by atoms with Crippen molar-refractivity contribution in [3.05, 3.63) is 58.3 Å². The minimum atomic E-state index is -1.12. The predicted octanol–water partition coefficient (Wildman–Crippen LogP) is 1.57. The molecule has 2 rings (SSSR count). The molecule has 0 aliphatic heterocycles. The second kappa shape index (κ2) is 6.49. The summed E-state index contributed by atoms with van der Waals surface area (Å²) in [4.78, 5) is 13.9. The molecule has 0 aliphatic rings. The Bertz CT molecular complexity index is 672. The van der Waals surface area contributed by atoms with Gasteiger partial charge in [0.25, 0.3) is 5.56 Å². The number of halogens is 1. The second-order valence-electron chi connectivity index (χ2n) is 4.79. The first-order valence-electron chi connectivity index (χ1n) is 6.73. The second-order valence-corrected chi connectivity index (χ2v) is 4.79. The highest BCUT2D eigenvalue weighted by Crippen LogP contribution is 2.17. The minimum absolute atomic E-state index is 0.0874. The summed E-state index contributed by atoms with van der Waals surface area (Å²) >= 11 is 0. The molecule has 0 bridgehead atoms. The highest BCUT2D eigenvalue weighted by Gasteiger charge is 2.14. The fourth-order valence-electron chi connectivity index (χ4n) is 1.96. The number of nitrogens with zero attached hydrogens (tertiary/aromatic N) is 3. The van der Waals surface area contributed by atoms with E-state index in [1.165, 1.54) is 18.2 Å². The van der Waals surface area contributed by atoms with Gasteiger partial charge in [0.2, 0.25) is 0 Å². The molecule has 0 aliphatic carbocycles. The highest BCUT2D eigenvalue weighted by molar-refractivity contribution is 5.41. The Kier molecular flexibility index (Phi) is 4.70. The van der Waals surface area contributed by atoms with E-state index >= 15 is 0 Å². The molecular formula is C15H18FN3O2. The van der Waals surface area contributed by atoms with Crippen LogP contribution in [0.2, 0.25) is 0 Å². The Morgan fingerprint density at radius 1 is 1.43 bits per heavy atom. The maximum Gasteiger partial charge on any atom is 0.268 e. The van der Waals surface area contributed by atoms with Crippen LogP contribution in [0.4, 0.5) is 10.1 Å². The van der Waals surface area contributed by atoms with Crippen LogP contribution < -0.4 is 10.5 Å². The normalized spacial score (nSPS) is 12.2. The third kappa shape index (κ3) is 3.46. The van der Waals surface area contributed by atoms with Crippen LogP contribution in [-0.4, -0.2) is 28.5 Å². The summed E-state index contributed by atoms with van der Waals surface area (Å²) < 4.78 is 14.7. The Morgan fingerprint density at radius 2 is 2.14 bits per heavy atom. The standard InChI is InChI=1S/C15H18FN3O2/c1-3-18(2)11-8-15(21)19(17-9-11)10-14(20)12-6-4-5-7-13(12)16/h4-9,14,20H,3,10H2,1-2H3. The number of benzene rings is 1. The molecule has 1 aromatic heterocycles. The first-order valence-corrected chi connectivity index (χ1v) is 6.73. The zero-order valence-electron chi connectivity index (χ0n) is 12.0. The average molecular weight is 291 g/mol. The summed E-state index contributed by atoms with van der Waals surface area (Å²) in [5.41, 5.74) is 0.531. The molecule has 5 nitrogen and oxygen atoms in total. The predicted molar refractivity (Wildman–Crippen MR) is 78.8 cm³/mol. The van der Waals surface area contributed by atoms with E-state index in [0.29, 0.717) is 5.69 Å². The Morgan fingerprint density at radius 3 is 2.76 bits per heavy atom. The molecule has 0 radical (unpaired) electrons. The van der Waals surface area contributed by atoms with Crippen molar-refractivity contribution in [1.29, 1.82) is 0 Å². The van der Waals surface area contributed by atoms with Crippen molar-refractivity contribution >= 4 is 5.69 Å². The van der Waals surface area contributed by atoms with E-state index in [4.69, 9.17) is 0 Å². The van der Waals surface area contributed by atoms with Crippen LogP contribution in [0.3, 0.4) is 0 Å². The lowest BCUT2D eigenvalue weighted by Gasteiger charge is -2.17. The van der Waals surface area contributed by atoms with Gasteiger partial charge >= 0.3 is 0 Å². The van der Waals surface area contributed by atoms with Crippen LogP contribution in [0.25, 0.3) is 0 Å². The van der Waals surface area contributed by atoms with E-state index in [2.05, 4.69) is 5.10 Å². The smallest absolute Gasteiger partial charge is 0.268 e. The third-order valence-corrected chi connectivity index (χ3v) is 3.38.